The van der Waals surface area contributed by atoms with Crippen LogP contribution < -0.4 is 4.90 Å². The third-order valence-corrected chi connectivity index (χ3v) is 5.17. The lowest BCUT2D eigenvalue weighted by Gasteiger charge is -2.53. The van der Waals surface area contributed by atoms with Gasteiger partial charge < -0.3 is 14.7 Å². The van der Waals surface area contributed by atoms with Crippen LogP contribution in [0, 0.1) is 5.41 Å². The molecule has 4 rings (SSSR count). The summed E-state index contributed by atoms with van der Waals surface area (Å²) in [5.74, 6) is -0.180. The van der Waals surface area contributed by atoms with Gasteiger partial charge in [-0.15, -0.1) is 0 Å². The minimum Gasteiger partial charge on any atom is -0.478 e. The number of carbonyl (C=O) groups is 1. The first-order valence-electron chi connectivity index (χ1n) is 7.76. The molecule has 1 N–H and O–H groups in total. The zero-order valence-electron chi connectivity index (χ0n) is 12.1. The van der Waals surface area contributed by atoms with Gasteiger partial charge in [0.25, 0.3) is 0 Å². The Morgan fingerprint density at radius 3 is 2.76 bits per heavy atom. The zero-order valence-corrected chi connectivity index (χ0v) is 12.1. The van der Waals surface area contributed by atoms with Crippen molar-refractivity contribution < 1.29 is 14.6 Å². The van der Waals surface area contributed by atoms with E-state index in [1.165, 1.54) is 0 Å². The Morgan fingerprint density at radius 2 is 2.05 bits per heavy atom. The van der Waals surface area contributed by atoms with Crippen molar-refractivity contribution >= 4 is 11.8 Å². The van der Waals surface area contributed by atoms with E-state index >= 15 is 0 Å². The monoisotopic (exact) mass is 288 g/mol. The van der Waals surface area contributed by atoms with Gasteiger partial charge in [-0.05, 0) is 43.7 Å². The molecule has 5 nitrogen and oxygen atoms in total. The van der Waals surface area contributed by atoms with Gasteiger partial charge in [-0.1, -0.05) is 0 Å². The molecule has 1 aromatic rings. The maximum atomic E-state index is 11.5. The second-order valence-electron chi connectivity index (χ2n) is 6.59. The predicted octanol–water partition coefficient (Wildman–Crippen LogP) is 1.89. The van der Waals surface area contributed by atoms with Crippen LogP contribution in [-0.2, 0) is 17.6 Å². The number of carboxylic acid groups (broad SMARTS) is 1. The molecule has 21 heavy (non-hydrogen) atoms. The molecule has 2 fully saturated rings. The van der Waals surface area contributed by atoms with Crippen molar-refractivity contribution in [3.05, 3.63) is 22.9 Å². The third kappa shape index (κ3) is 2.11. The van der Waals surface area contributed by atoms with E-state index in [0.717, 1.165) is 69.7 Å². The highest BCUT2D eigenvalue weighted by molar-refractivity contribution is 5.94. The SMILES string of the molecule is O=C(O)c1cc2c(nc1N1CC3(CCOCC3)C1)CCC2. The Labute approximate surface area is 123 Å². The van der Waals surface area contributed by atoms with Crippen LogP contribution in [-0.4, -0.2) is 42.4 Å². The summed E-state index contributed by atoms with van der Waals surface area (Å²) in [6.07, 6.45) is 5.19. The van der Waals surface area contributed by atoms with E-state index in [4.69, 9.17) is 4.74 Å². The number of aryl methyl sites for hydroxylation is 2. The summed E-state index contributed by atoms with van der Waals surface area (Å²) in [5, 5.41) is 9.48. The highest BCUT2D eigenvalue weighted by atomic mass is 16.5. The number of ether oxygens (including phenoxy) is 1. The normalized spacial score (nSPS) is 23.0. The molecule has 0 bridgehead atoms. The molecule has 0 amide bonds. The second-order valence-corrected chi connectivity index (χ2v) is 6.59. The number of aromatic carboxylic acids is 1. The van der Waals surface area contributed by atoms with Crippen LogP contribution in [0.4, 0.5) is 5.82 Å². The van der Waals surface area contributed by atoms with Crippen LogP contribution in [0.3, 0.4) is 0 Å². The summed E-state index contributed by atoms with van der Waals surface area (Å²) in [6, 6.07) is 1.85. The molecule has 2 saturated heterocycles. The first-order chi connectivity index (χ1) is 10.2. The van der Waals surface area contributed by atoms with Gasteiger partial charge >= 0.3 is 5.97 Å². The summed E-state index contributed by atoms with van der Waals surface area (Å²) >= 11 is 0. The number of anilines is 1. The summed E-state index contributed by atoms with van der Waals surface area (Å²) in [5.41, 5.74) is 2.92. The minimum atomic E-state index is -0.861. The van der Waals surface area contributed by atoms with E-state index in [-0.39, 0.29) is 0 Å². The van der Waals surface area contributed by atoms with Crippen LogP contribution in [0.25, 0.3) is 0 Å². The lowest BCUT2D eigenvalue weighted by atomic mass is 9.73. The Morgan fingerprint density at radius 1 is 1.29 bits per heavy atom. The molecule has 0 unspecified atom stereocenters. The average Bonchev–Trinajstić information content (AvgIpc) is 2.91. The topological polar surface area (TPSA) is 62.7 Å². The molecule has 3 heterocycles. The number of carboxylic acids is 1. The molecule has 0 aromatic carbocycles. The van der Waals surface area contributed by atoms with Crippen LogP contribution in [0.15, 0.2) is 6.07 Å². The van der Waals surface area contributed by atoms with Crippen LogP contribution in [0.1, 0.15) is 40.9 Å². The largest absolute Gasteiger partial charge is 0.478 e. The highest BCUT2D eigenvalue weighted by Crippen LogP contribution is 2.43. The van der Waals surface area contributed by atoms with E-state index in [1.54, 1.807) is 0 Å². The van der Waals surface area contributed by atoms with E-state index < -0.39 is 5.97 Å². The fraction of sp³-hybridized carbons (Fsp3) is 0.625. The van der Waals surface area contributed by atoms with Gasteiger partial charge in [-0.3, -0.25) is 0 Å². The van der Waals surface area contributed by atoms with Crippen molar-refractivity contribution in [2.75, 3.05) is 31.2 Å². The number of hydrogen-bond donors (Lipinski definition) is 1. The van der Waals surface area contributed by atoms with Crippen molar-refractivity contribution in [1.82, 2.24) is 4.98 Å². The van der Waals surface area contributed by atoms with Gasteiger partial charge in [0, 0.05) is 37.4 Å². The number of rotatable bonds is 2. The lowest BCUT2D eigenvalue weighted by molar-refractivity contribution is -0.000578. The molecular weight excluding hydrogens is 268 g/mol. The number of fused-ring (bicyclic) bond motifs is 1. The fourth-order valence-corrected chi connectivity index (χ4v) is 3.89. The van der Waals surface area contributed by atoms with Crippen LogP contribution in [0.2, 0.25) is 0 Å². The quantitative estimate of drug-likeness (QED) is 0.900. The number of hydrogen-bond acceptors (Lipinski definition) is 4. The predicted molar refractivity (Wildman–Crippen MR) is 77.9 cm³/mol. The van der Waals surface area contributed by atoms with Gasteiger partial charge in [0.1, 0.15) is 11.4 Å². The molecule has 2 aliphatic heterocycles. The molecular formula is C16H20N2O3. The van der Waals surface area contributed by atoms with Crippen LogP contribution in [0.5, 0.6) is 0 Å². The standard InChI is InChI=1S/C16H20N2O3/c19-15(20)12-8-11-2-1-3-13(11)17-14(12)18-9-16(10-18)4-6-21-7-5-16/h8H,1-7,9-10H2,(H,19,20). The van der Waals surface area contributed by atoms with Gasteiger partial charge in [0.05, 0.1) is 0 Å². The molecule has 5 heteroatoms. The summed E-state index contributed by atoms with van der Waals surface area (Å²) < 4.78 is 5.44. The molecule has 3 aliphatic rings. The Balaban J connectivity index is 1.62. The zero-order chi connectivity index (χ0) is 14.4. The maximum absolute atomic E-state index is 11.5. The average molecular weight is 288 g/mol. The van der Waals surface area contributed by atoms with E-state index in [9.17, 15) is 9.90 Å². The molecule has 1 aliphatic carbocycles. The first-order valence-corrected chi connectivity index (χ1v) is 7.76. The number of pyridine rings is 1. The van der Waals surface area contributed by atoms with Gasteiger partial charge in [0.2, 0.25) is 0 Å². The second kappa shape index (κ2) is 4.70. The van der Waals surface area contributed by atoms with Crippen molar-refractivity contribution in [2.24, 2.45) is 5.41 Å². The lowest BCUT2D eigenvalue weighted by Crippen LogP contribution is -2.59. The molecule has 0 saturated carbocycles. The molecule has 0 atom stereocenters. The van der Waals surface area contributed by atoms with E-state index in [2.05, 4.69) is 9.88 Å². The fourth-order valence-electron chi connectivity index (χ4n) is 3.89. The molecule has 1 spiro atoms. The maximum Gasteiger partial charge on any atom is 0.339 e. The highest BCUT2D eigenvalue weighted by Gasteiger charge is 2.45. The Bertz CT molecular complexity index is 585. The van der Waals surface area contributed by atoms with Crippen molar-refractivity contribution in [1.29, 1.82) is 0 Å². The first kappa shape index (κ1) is 13.1. The molecule has 1 aromatic heterocycles. The number of nitrogens with zero attached hydrogens (tertiary/aromatic N) is 2. The van der Waals surface area contributed by atoms with Gasteiger partial charge in [-0.25, -0.2) is 9.78 Å². The Kier molecular flexibility index (Phi) is 2.92. The third-order valence-electron chi connectivity index (χ3n) is 5.17. The van der Waals surface area contributed by atoms with Crippen molar-refractivity contribution in [2.45, 2.75) is 32.1 Å². The van der Waals surface area contributed by atoms with E-state index in [0.29, 0.717) is 16.8 Å². The molecule has 0 radical (unpaired) electrons. The van der Waals surface area contributed by atoms with Crippen LogP contribution >= 0.6 is 0 Å². The van der Waals surface area contributed by atoms with Gasteiger partial charge in [-0.2, -0.15) is 0 Å². The van der Waals surface area contributed by atoms with Crippen molar-refractivity contribution in [3.63, 3.8) is 0 Å². The summed E-state index contributed by atoms with van der Waals surface area (Å²) in [7, 11) is 0. The van der Waals surface area contributed by atoms with Crippen molar-refractivity contribution in [3.8, 4) is 0 Å². The van der Waals surface area contributed by atoms with Gasteiger partial charge in [0.15, 0.2) is 0 Å². The minimum absolute atomic E-state index is 0.328. The summed E-state index contributed by atoms with van der Waals surface area (Å²) in [4.78, 5) is 18.4. The smallest absolute Gasteiger partial charge is 0.339 e. The number of aromatic nitrogens is 1. The Hall–Kier alpha value is -1.62. The summed E-state index contributed by atoms with van der Waals surface area (Å²) in [6.45, 7) is 3.50. The van der Waals surface area contributed by atoms with E-state index in [1.807, 2.05) is 6.07 Å². The molecule has 112 valence electrons.